The summed E-state index contributed by atoms with van der Waals surface area (Å²) in [5.41, 5.74) is 0.680. The Hall–Kier alpha value is -1.12. The zero-order chi connectivity index (χ0) is 13.8. The van der Waals surface area contributed by atoms with Gasteiger partial charge in [-0.15, -0.1) is 0 Å². The van der Waals surface area contributed by atoms with Gasteiger partial charge in [0.25, 0.3) is 0 Å². The van der Waals surface area contributed by atoms with Crippen LogP contribution in [0.3, 0.4) is 0 Å². The van der Waals surface area contributed by atoms with Crippen LogP contribution in [0.25, 0.3) is 0 Å². The van der Waals surface area contributed by atoms with Crippen LogP contribution in [0, 0.1) is 5.92 Å². The van der Waals surface area contributed by atoms with Gasteiger partial charge < -0.3 is 4.74 Å². The molecule has 0 aromatic rings. The van der Waals surface area contributed by atoms with Gasteiger partial charge in [0.05, 0.1) is 6.42 Å². The first-order chi connectivity index (χ1) is 7.54. The number of hydrogen-bond acceptors (Lipinski definition) is 2. The molecule has 0 fully saturated rings. The number of halogens is 1. The van der Waals surface area contributed by atoms with E-state index in [2.05, 4.69) is 6.58 Å². The van der Waals surface area contributed by atoms with Crippen molar-refractivity contribution in [2.45, 2.75) is 53.6 Å². The Morgan fingerprint density at radius 2 is 1.82 bits per heavy atom. The first-order valence-electron chi connectivity index (χ1n) is 5.81. The number of rotatable bonds is 4. The molecule has 0 saturated heterocycles. The Morgan fingerprint density at radius 3 is 2.12 bits per heavy atom. The number of carbonyl (C=O) groups excluding carboxylic acids is 1. The van der Waals surface area contributed by atoms with Gasteiger partial charge in [-0.3, -0.25) is 4.79 Å². The first-order valence-corrected chi connectivity index (χ1v) is 5.81. The number of esters is 1. The van der Waals surface area contributed by atoms with E-state index in [0.29, 0.717) is 11.1 Å². The van der Waals surface area contributed by atoms with Gasteiger partial charge in [-0.05, 0) is 39.2 Å². The summed E-state index contributed by atoms with van der Waals surface area (Å²) in [7, 11) is 0. The summed E-state index contributed by atoms with van der Waals surface area (Å²) in [6, 6.07) is 0. The highest BCUT2D eigenvalue weighted by atomic mass is 19.1. The number of allylic oxidation sites excluding steroid dienone is 2. The Balaban J connectivity index is 4.82. The lowest BCUT2D eigenvalue weighted by atomic mass is 9.95. The monoisotopic (exact) mass is 242 g/mol. The zero-order valence-electron chi connectivity index (χ0n) is 11.7. The maximum absolute atomic E-state index is 13.3. The molecule has 0 spiro atoms. The molecule has 0 bridgehead atoms. The fraction of sp³-hybridized carbons (Fsp3) is 0.643. The molecule has 0 radical (unpaired) electrons. The average Bonchev–Trinajstić information content (AvgIpc) is 1.96. The van der Waals surface area contributed by atoms with Crippen LogP contribution in [-0.4, -0.2) is 11.6 Å². The van der Waals surface area contributed by atoms with Gasteiger partial charge >= 0.3 is 5.97 Å². The molecule has 3 heteroatoms. The van der Waals surface area contributed by atoms with Crippen molar-refractivity contribution in [2.75, 3.05) is 0 Å². The molecule has 0 atom stereocenters. The third-order valence-electron chi connectivity index (χ3n) is 2.16. The molecule has 0 aromatic heterocycles. The van der Waals surface area contributed by atoms with E-state index in [1.807, 2.05) is 13.8 Å². The SMILES string of the molecule is C=C(F)/C(=C(\C)CC(=O)OC(C)(C)C)C(C)C. The van der Waals surface area contributed by atoms with E-state index in [1.54, 1.807) is 27.7 Å². The van der Waals surface area contributed by atoms with Crippen molar-refractivity contribution in [2.24, 2.45) is 5.92 Å². The molecule has 0 unspecified atom stereocenters. The standard InChI is InChI=1S/C14H23FO2/c1-9(2)13(11(4)15)10(3)8-12(16)17-14(5,6)7/h9H,4,8H2,1-3,5-7H3/b13-10+. The van der Waals surface area contributed by atoms with Crippen LogP contribution >= 0.6 is 0 Å². The summed E-state index contributed by atoms with van der Waals surface area (Å²) in [5.74, 6) is -0.801. The van der Waals surface area contributed by atoms with Crippen molar-refractivity contribution in [3.8, 4) is 0 Å². The summed E-state index contributed by atoms with van der Waals surface area (Å²) >= 11 is 0. The smallest absolute Gasteiger partial charge is 0.310 e. The van der Waals surface area contributed by atoms with Crippen LogP contribution in [0.5, 0.6) is 0 Å². The van der Waals surface area contributed by atoms with Crippen molar-refractivity contribution in [3.05, 3.63) is 23.6 Å². The minimum Gasteiger partial charge on any atom is -0.460 e. The lowest BCUT2D eigenvalue weighted by molar-refractivity contribution is -0.153. The third kappa shape index (κ3) is 6.25. The molecule has 0 N–H and O–H groups in total. The van der Waals surface area contributed by atoms with Gasteiger partial charge in [0.15, 0.2) is 0 Å². The van der Waals surface area contributed by atoms with Crippen molar-refractivity contribution in [1.29, 1.82) is 0 Å². The molecule has 98 valence electrons. The third-order valence-corrected chi connectivity index (χ3v) is 2.16. The summed E-state index contributed by atoms with van der Waals surface area (Å²) in [6.45, 7) is 14.2. The van der Waals surface area contributed by atoms with E-state index in [9.17, 15) is 9.18 Å². The van der Waals surface area contributed by atoms with Crippen LogP contribution < -0.4 is 0 Å². The second kappa shape index (κ2) is 5.99. The molecular formula is C14H23FO2. The van der Waals surface area contributed by atoms with E-state index >= 15 is 0 Å². The summed E-state index contributed by atoms with van der Waals surface area (Å²) < 4.78 is 18.4. The minimum atomic E-state index is -0.512. The Morgan fingerprint density at radius 1 is 1.35 bits per heavy atom. The topological polar surface area (TPSA) is 26.3 Å². The number of carbonyl (C=O) groups is 1. The first kappa shape index (κ1) is 15.9. The molecule has 2 nitrogen and oxygen atoms in total. The fourth-order valence-electron chi connectivity index (χ4n) is 1.73. The van der Waals surface area contributed by atoms with Crippen LogP contribution in [0.4, 0.5) is 4.39 Å². The van der Waals surface area contributed by atoms with E-state index < -0.39 is 11.4 Å². The lowest BCUT2D eigenvalue weighted by Gasteiger charge is -2.20. The highest BCUT2D eigenvalue weighted by Crippen LogP contribution is 2.25. The van der Waals surface area contributed by atoms with Gasteiger partial charge in [0.2, 0.25) is 0 Å². The molecule has 0 rings (SSSR count). The van der Waals surface area contributed by atoms with Crippen LogP contribution in [0.15, 0.2) is 23.6 Å². The molecule has 17 heavy (non-hydrogen) atoms. The van der Waals surface area contributed by atoms with Gasteiger partial charge in [0.1, 0.15) is 11.4 Å². The highest BCUT2D eigenvalue weighted by Gasteiger charge is 2.19. The average molecular weight is 242 g/mol. The number of ether oxygens (including phenoxy) is 1. The van der Waals surface area contributed by atoms with Gasteiger partial charge in [-0.25, -0.2) is 4.39 Å². The molecule has 0 aliphatic carbocycles. The molecule has 0 aromatic carbocycles. The van der Waals surface area contributed by atoms with Crippen LogP contribution in [-0.2, 0) is 9.53 Å². The number of hydrogen-bond donors (Lipinski definition) is 0. The second-order valence-corrected chi connectivity index (χ2v) is 5.52. The van der Waals surface area contributed by atoms with Crippen molar-refractivity contribution >= 4 is 5.97 Å². The van der Waals surface area contributed by atoms with Crippen molar-refractivity contribution in [3.63, 3.8) is 0 Å². The Bertz CT molecular complexity index is 333. The van der Waals surface area contributed by atoms with E-state index in [0.717, 1.165) is 0 Å². The fourth-order valence-corrected chi connectivity index (χ4v) is 1.73. The van der Waals surface area contributed by atoms with Gasteiger partial charge in [0, 0.05) is 0 Å². The van der Waals surface area contributed by atoms with Crippen LogP contribution in [0.2, 0.25) is 0 Å². The summed E-state index contributed by atoms with van der Waals surface area (Å²) in [5, 5.41) is 0. The predicted octanol–water partition coefficient (Wildman–Crippen LogP) is 4.17. The van der Waals surface area contributed by atoms with Crippen molar-refractivity contribution < 1.29 is 13.9 Å². The highest BCUT2D eigenvalue weighted by molar-refractivity contribution is 5.73. The largest absolute Gasteiger partial charge is 0.460 e. The molecule has 0 aliphatic rings. The van der Waals surface area contributed by atoms with E-state index in [-0.39, 0.29) is 18.3 Å². The Kier molecular flexibility index (Phi) is 5.59. The van der Waals surface area contributed by atoms with E-state index in [4.69, 9.17) is 4.74 Å². The predicted molar refractivity (Wildman–Crippen MR) is 68.2 cm³/mol. The van der Waals surface area contributed by atoms with Gasteiger partial charge in [-0.1, -0.05) is 26.0 Å². The maximum atomic E-state index is 13.3. The van der Waals surface area contributed by atoms with E-state index in [1.165, 1.54) is 0 Å². The summed E-state index contributed by atoms with van der Waals surface area (Å²) in [6.07, 6.45) is 0.105. The summed E-state index contributed by atoms with van der Waals surface area (Å²) in [4.78, 5) is 11.6. The normalized spacial score (nSPS) is 13.4. The molecule has 0 saturated carbocycles. The van der Waals surface area contributed by atoms with Crippen molar-refractivity contribution in [1.82, 2.24) is 0 Å². The minimum absolute atomic E-state index is 0.00920. The quantitative estimate of drug-likeness (QED) is 0.546. The molecule has 0 aliphatic heterocycles. The van der Waals surface area contributed by atoms with Crippen LogP contribution in [0.1, 0.15) is 48.0 Å². The molecular weight excluding hydrogens is 219 g/mol. The molecule has 0 amide bonds. The molecule has 0 heterocycles. The Labute approximate surface area is 104 Å². The zero-order valence-corrected chi connectivity index (χ0v) is 11.7. The second-order valence-electron chi connectivity index (χ2n) is 5.52. The maximum Gasteiger partial charge on any atom is 0.310 e. The van der Waals surface area contributed by atoms with Gasteiger partial charge in [-0.2, -0.15) is 0 Å². The lowest BCUT2D eigenvalue weighted by Crippen LogP contribution is -2.24.